The van der Waals surface area contributed by atoms with Crippen LogP contribution in [0.15, 0.2) is 54.9 Å². The van der Waals surface area contributed by atoms with Gasteiger partial charge < -0.3 is 4.90 Å². The summed E-state index contributed by atoms with van der Waals surface area (Å²) in [5, 5.41) is 0. The minimum Gasteiger partial charge on any atom is -0.377 e. The third kappa shape index (κ3) is 2.90. The molecule has 2 rings (SSSR count). The lowest BCUT2D eigenvalue weighted by molar-refractivity contribution is -0.799. The number of nitrogens with zero attached hydrogens (tertiary/aromatic N) is 2. The molecule has 1 aromatic rings. The standard InChI is InChI=1S/C16H21N2/c1-17(2)16-10-6-5-9-15(16)11-14-18(3)12-7-4-8-13-18/h4-12,14H,13H2,1-3H3/q+1/b14-11+. The van der Waals surface area contributed by atoms with Crippen LogP contribution in [0.2, 0.25) is 0 Å². The molecule has 0 bridgehead atoms. The highest BCUT2D eigenvalue weighted by molar-refractivity contribution is 5.66. The first-order chi connectivity index (χ1) is 8.61. The molecule has 0 spiro atoms. The Balaban J connectivity index is 2.24. The second kappa shape index (κ2) is 5.23. The van der Waals surface area contributed by atoms with Gasteiger partial charge in [0.05, 0.1) is 7.05 Å². The van der Waals surface area contributed by atoms with Crippen LogP contribution in [-0.4, -0.2) is 32.2 Å². The SMILES string of the molecule is CN(C)c1ccccc1/C=C/[N+]1(C)C=CC=CC1. The van der Waals surface area contributed by atoms with Crippen LogP contribution < -0.4 is 4.90 Å². The van der Waals surface area contributed by atoms with E-state index in [9.17, 15) is 0 Å². The van der Waals surface area contributed by atoms with Crippen molar-refractivity contribution in [1.82, 2.24) is 0 Å². The second-order valence-corrected chi connectivity index (χ2v) is 5.07. The van der Waals surface area contributed by atoms with E-state index in [1.165, 1.54) is 11.3 Å². The quantitative estimate of drug-likeness (QED) is 0.734. The predicted octanol–water partition coefficient (Wildman–Crippen LogP) is 3.25. The van der Waals surface area contributed by atoms with Gasteiger partial charge in [0, 0.05) is 31.4 Å². The fourth-order valence-electron chi connectivity index (χ4n) is 2.07. The van der Waals surface area contributed by atoms with Crippen LogP contribution >= 0.6 is 0 Å². The number of hydrogen-bond acceptors (Lipinski definition) is 1. The lowest BCUT2D eigenvalue weighted by atomic mass is 10.1. The Hall–Kier alpha value is -1.80. The van der Waals surface area contributed by atoms with E-state index in [2.05, 4.69) is 87.0 Å². The van der Waals surface area contributed by atoms with E-state index in [4.69, 9.17) is 0 Å². The Morgan fingerprint density at radius 2 is 1.94 bits per heavy atom. The van der Waals surface area contributed by atoms with Gasteiger partial charge >= 0.3 is 0 Å². The fourth-order valence-corrected chi connectivity index (χ4v) is 2.07. The lowest BCUT2D eigenvalue weighted by Gasteiger charge is -2.26. The van der Waals surface area contributed by atoms with E-state index in [0.29, 0.717) is 0 Å². The molecule has 1 heterocycles. The Morgan fingerprint density at radius 3 is 2.61 bits per heavy atom. The molecule has 0 amide bonds. The van der Waals surface area contributed by atoms with Gasteiger partial charge in [-0.15, -0.1) is 0 Å². The molecule has 1 aliphatic rings. The molecule has 1 aliphatic heterocycles. The van der Waals surface area contributed by atoms with Gasteiger partial charge in [-0.25, -0.2) is 0 Å². The van der Waals surface area contributed by atoms with Crippen molar-refractivity contribution in [2.45, 2.75) is 0 Å². The number of benzene rings is 1. The molecule has 0 fully saturated rings. The number of hydrogen-bond donors (Lipinski definition) is 0. The van der Waals surface area contributed by atoms with Gasteiger partial charge in [-0.05, 0) is 18.2 Å². The molecule has 1 atom stereocenters. The van der Waals surface area contributed by atoms with Crippen molar-refractivity contribution in [3.8, 4) is 0 Å². The summed E-state index contributed by atoms with van der Waals surface area (Å²) in [5.41, 5.74) is 2.50. The summed E-state index contributed by atoms with van der Waals surface area (Å²) >= 11 is 0. The number of para-hydroxylation sites is 1. The molecule has 2 nitrogen and oxygen atoms in total. The number of likely N-dealkylation sites (N-methyl/N-ethyl adjacent to an activating group) is 1. The first kappa shape index (κ1) is 12.7. The maximum absolute atomic E-state index is 2.24. The topological polar surface area (TPSA) is 3.24 Å². The first-order valence-corrected chi connectivity index (χ1v) is 6.26. The fraction of sp³-hybridized carbons (Fsp3) is 0.250. The van der Waals surface area contributed by atoms with Crippen molar-refractivity contribution in [1.29, 1.82) is 0 Å². The number of allylic oxidation sites excluding steroid dienone is 2. The van der Waals surface area contributed by atoms with Gasteiger partial charge in [-0.3, -0.25) is 4.48 Å². The molecule has 94 valence electrons. The number of anilines is 1. The maximum atomic E-state index is 2.24. The van der Waals surface area contributed by atoms with Crippen molar-refractivity contribution in [3.63, 3.8) is 0 Å². The van der Waals surface area contributed by atoms with Crippen molar-refractivity contribution >= 4 is 11.8 Å². The summed E-state index contributed by atoms with van der Waals surface area (Å²) < 4.78 is 0.818. The van der Waals surface area contributed by atoms with Gasteiger partial charge in [-0.1, -0.05) is 24.3 Å². The molecule has 18 heavy (non-hydrogen) atoms. The average Bonchev–Trinajstić information content (AvgIpc) is 2.38. The highest BCUT2D eigenvalue weighted by Gasteiger charge is 2.14. The van der Waals surface area contributed by atoms with E-state index in [1.807, 2.05) is 0 Å². The largest absolute Gasteiger partial charge is 0.377 e. The monoisotopic (exact) mass is 241 g/mol. The highest BCUT2D eigenvalue weighted by atomic mass is 15.3. The molecule has 0 aliphatic carbocycles. The summed E-state index contributed by atoms with van der Waals surface area (Å²) in [6, 6.07) is 8.46. The molecule has 1 unspecified atom stereocenters. The summed E-state index contributed by atoms with van der Waals surface area (Å²) in [5.74, 6) is 0. The van der Waals surface area contributed by atoms with Crippen LogP contribution in [0.5, 0.6) is 0 Å². The zero-order valence-corrected chi connectivity index (χ0v) is 11.4. The van der Waals surface area contributed by atoms with Crippen LogP contribution in [0, 0.1) is 0 Å². The first-order valence-electron chi connectivity index (χ1n) is 6.26. The van der Waals surface area contributed by atoms with Crippen molar-refractivity contribution < 1.29 is 4.48 Å². The smallest absolute Gasteiger partial charge is 0.106 e. The molecule has 0 saturated heterocycles. The zero-order valence-electron chi connectivity index (χ0n) is 11.4. The maximum Gasteiger partial charge on any atom is 0.106 e. The molecule has 0 N–H and O–H groups in total. The summed E-state index contributed by atoms with van der Waals surface area (Å²) in [6.07, 6.45) is 13.0. The molecule has 0 radical (unpaired) electrons. The Morgan fingerprint density at radius 1 is 1.17 bits per heavy atom. The van der Waals surface area contributed by atoms with Crippen molar-refractivity contribution in [2.24, 2.45) is 0 Å². The molecule has 0 aromatic heterocycles. The second-order valence-electron chi connectivity index (χ2n) is 5.07. The van der Waals surface area contributed by atoms with Gasteiger partial charge in [0.15, 0.2) is 0 Å². The normalized spacial score (nSPS) is 22.6. The number of rotatable bonds is 3. The minimum atomic E-state index is 0.818. The van der Waals surface area contributed by atoms with Gasteiger partial charge in [0.1, 0.15) is 18.9 Å². The summed E-state index contributed by atoms with van der Waals surface area (Å²) in [7, 11) is 6.35. The van der Waals surface area contributed by atoms with Gasteiger partial charge in [-0.2, -0.15) is 0 Å². The highest BCUT2D eigenvalue weighted by Crippen LogP contribution is 2.21. The third-order valence-corrected chi connectivity index (χ3v) is 3.19. The van der Waals surface area contributed by atoms with E-state index in [1.54, 1.807) is 0 Å². The van der Waals surface area contributed by atoms with Crippen LogP contribution in [0.3, 0.4) is 0 Å². The third-order valence-electron chi connectivity index (χ3n) is 3.19. The zero-order chi connectivity index (χ0) is 13.0. The van der Waals surface area contributed by atoms with E-state index in [-0.39, 0.29) is 0 Å². The lowest BCUT2D eigenvalue weighted by Crippen LogP contribution is -2.32. The van der Waals surface area contributed by atoms with Crippen LogP contribution in [-0.2, 0) is 0 Å². The summed E-state index contributed by atoms with van der Waals surface area (Å²) in [4.78, 5) is 2.14. The molecular formula is C16H21N2+. The molecule has 1 aromatic carbocycles. The van der Waals surface area contributed by atoms with Crippen LogP contribution in [0.25, 0.3) is 6.08 Å². The van der Waals surface area contributed by atoms with Crippen LogP contribution in [0.4, 0.5) is 5.69 Å². The van der Waals surface area contributed by atoms with Gasteiger partial charge in [0.25, 0.3) is 0 Å². The minimum absolute atomic E-state index is 0.818. The molecule has 0 saturated carbocycles. The predicted molar refractivity (Wildman–Crippen MR) is 79.1 cm³/mol. The van der Waals surface area contributed by atoms with E-state index >= 15 is 0 Å². The van der Waals surface area contributed by atoms with Gasteiger partial charge in [0.2, 0.25) is 0 Å². The number of quaternary nitrogens is 1. The Kier molecular flexibility index (Phi) is 3.68. The van der Waals surface area contributed by atoms with Crippen molar-refractivity contribution in [2.75, 3.05) is 32.6 Å². The van der Waals surface area contributed by atoms with E-state index in [0.717, 1.165) is 11.0 Å². The average molecular weight is 241 g/mol. The van der Waals surface area contributed by atoms with E-state index < -0.39 is 0 Å². The van der Waals surface area contributed by atoms with Crippen molar-refractivity contribution in [3.05, 3.63) is 60.5 Å². The Bertz CT molecular complexity index is 498. The molecule has 2 heteroatoms. The Labute approximate surface area is 110 Å². The molecular weight excluding hydrogens is 220 g/mol. The van der Waals surface area contributed by atoms with Crippen LogP contribution in [0.1, 0.15) is 5.56 Å². The summed E-state index contributed by atoms with van der Waals surface area (Å²) in [6.45, 7) is 1.01.